The summed E-state index contributed by atoms with van der Waals surface area (Å²) in [4.78, 5) is 0. The topological polar surface area (TPSA) is 60.7 Å². The molecule has 0 bridgehead atoms. The number of rotatable bonds is 0. The quantitative estimate of drug-likeness (QED) is 0.359. The van der Waals surface area contributed by atoms with Crippen LogP contribution in [0.3, 0.4) is 0 Å². The molecule has 0 heterocycles. The molecule has 0 saturated carbocycles. The van der Waals surface area contributed by atoms with E-state index in [1.807, 2.05) is 0 Å². The van der Waals surface area contributed by atoms with E-state index in [0.717, 1.165) is 0 Å². The van der Waals surface area contributed by atoms with Crippen molar-refractivity contribution in [3.8, 4) is 0 Å². The second-order valence-corrected chi connectivity index (χ2v) is 0.949. The van der Waals surface area contributed by atoms with E-state index >= 15 is 0 Å². The molecule has 0 aliphatic carbocycles. The van der Waals surface area contributed by atoms with Crippen LogP contribution in [0.4, 0.5) is 0 Å². The van der Waals surface area contributed by atoms with Crippen molar-refractivity contribution in [1.29, 1.82) is 0 Å². The average Bonchev–Trinajstić information content (AvgIpc) is 1.70. The Morgan fingerprint density at radius 2 is 0.615 bits per heavy atom. The Hall–Kier alpha value is 1.44. The van der Waals surface area contributed by atoms with Crippen molar-refractivity contribution in [2.24, 2.45) is 0 Å². The molecule has 7 heteroatoms. The first-order valence-electron chi connectivity index (χ1n) is 3.07. The molecule has 0 saturated heterocycles. The molecule has 0 aliphatic rings. The second-order valence-electron chi connectivity index (χ2n) is 0.949. The van der Waals surface area contributed by atoms with Gasteiger partial charge in [-0.2, -0.15) is 0 Å². The van der Waals surface area contributed by atoms with Gasteiger partial charge in [0, 0.05) is 40.9 Å². The standard InChI is InChI=1S/3C2H6O.3ClH.W/c3*1-2-3;;;;/h3*3H,2H2,1H3;3*1H;/p-3. The van der Waals surface area contributed by atoms with Gasteiger partial charge in [-0.1, -0.05) is 0 Å². The van der Waals surface area contributed by atoms with E-state index in [-0.39, 0.29) is 78.1 Å². The summed E-state index contributed by atoms with van der Waals surface area (Å²) in [6.45, 7) is 5.79. The van der Waals surface area contributed by atoms with Crippen molar-refractivity contribution in [1.82, 2.24) is 0 Å². The third kappa shape index (κ3) is 850. The summed E-state index contributed by atoms with van der Waals surface area (Å²) in [5.41, 5.74) is 0. The van der Waals surface area contributed by atoms with Crippen LogP contribution in [-0.4, -0.2) is 35.1 Å². The van der Waals surface area contributed by atoms with Crippen LogP contribution in [0.5, 0.6) is 0 Å². The summed E-state index contributed by atoms with van der Waals surface area (Å²) >= 11 is 0. The van der Waals surface area contributed by atoms with E-state index in [2.05, 4.69) is 0 Å². The molecule has 0 amide bonds. The summed E-state index contributed by atoms with van der Waals surface area (Å²) in [6.07, 6.45) is 0. The first-order valence-corrected chi connectivity index (χ1v) is 3.07. The normalized spacial score (nSPS) is 4.15. The van der Waals surface area contributed by atoms with Crippen LogP contribution in [0.15, 0.2) is 0 Å². The molecule has 90 valence electrons. The molecule has 3 N–H and O–H groups in total. The first-order chi connectivity index (χ1) is 4.24. The molecule has 0 spiro atoms. The van der Waals surface area contributed by atoms with Crippen LogP contribution in [0.25, 0.3) is 0 Å². The Labute approximate surface area is 114 Å². The smallest absolute Gasteiger partial charge is 0.0402 e. The molecule has 0 aromatic carbocycles. The Kier molecular flexibility index (Phi) is 383. The zero-order chi connectivity index (χ0) is 8.12. The van der Waals surface area contributed by atoms with E-state index in [9.17, 15) is 0 Å². The summed E-state index contributed by atoms with van der Waals surface area (Å²) in [5.74, 6) is 0. The predicted molar refractivity (Wildman–Crippen MR) is 38.3 cm³/mol. The maximum atomic E-state index is 7.57. The molecule has 3 nitrogen and oxygen atoms in total. The Morgan fingerprint density at radius 3 is 0.615 bits per heavy atom. The summed E-state index contributed by atoms with van der Waals surface area (Å²) in [7, 11) is 0. The van der Waals surface area contributed by atoms with Gasteiger partial charge in [-0.15, -0.1) is 0 Å². The van der Waals surface area contributed by atoms with Gasteiger partial charge in [-0.05, 0) is 20.8 Å². The maximum absolute atomic E-state index is 7.57. The molecular formula is C6H18Cl3O3W-3. The Bertz CT molecular complexity index is 27.8. The Morgan fingerprint density at radius 1 is 0.615 bits per heavy atom. The fourth-order valence-corrected chi connectivity index (χ4v) is 0. The third-order valence-electron chi connectivity index (χ3n) is 0. The molecule has 0 atom stereocenters. The van der Waals surface area contributed by atoms with E-state index in [1.165, 1.54) is 0 Å². The fraction of sp³-hybridized carbons (Fsp3) is 1.00. The summed E-state index contributed by atoms with van der Waals surface area (Å²) < 4.78 is 0. The number of aliphatic hydroxyl groups excluding tert-OH is 3. The van der Waals surface area contributed by atoms with Crippen molar-refractivity contribution < 1.29 is 73.6 Å². The molecule has 0 aromatic heterocycles. The zero-order valence-corrected chi connectivity index (χ0v) is 13.2. The van der Waals surface area contributed by atoms with Gasteiger partial charge in [-0.25, -0.2) is 0 Å². The molecule has 0 aromatic rings. The second kappa shape index (κ2) is 106. The minimum Gasteiger partial charge on any atom is -1.00 e. The van der Waals surface area contributed by atoms with Crippen molar-refractivity contribution in [3.63, 3.8) is 0 Å². The monoisotopic (exact) mass is 427 g/mol. The van der Waals surface area contributed by atoms with Crippen molar-refractivity contribution in [2.75, 3.05) is 19.8 Å². The molecular weight excluding hydrogens is 410 g/mol. The molecule has 13 heavy (non-hydrogen) atoms. The van der Waals surface area contributed by atoms with Crippen LogP contribution >= 0.6 is 0 Å². The Balaban J connectivity index is -0.00000000720. The van der Waals surface area contributed by atoms with Gasteiger partial charge in [0.1, 0.15) is 0 Å². The molecule has 0 radical (unpaired) electrons. The minimum atomic E-state index is 0. The first kappa shape index (κ1) is 47.1. The van der Waals surface area contributed by atoms with Crippen LogP contribution in [0.1, 0.15) is 20.8 Å². The molecule has 0 aliphatic heterocycles. The van der Waals surface area contributed by atoms with Crippen LogP contribution in [0, 0.1) is 0 Å². The van der Waals surface area contributed by atoms with Gasteiger partial charge in [0.15, 0.2) is 0 Å². The van der Waals surface area contributed by atoms with Crippen molar-refractivity contribution in [3.05, 3.63) is 0 Å². The minimum absolute atomic E-state index is 0. The van der Waals surface area contributed by atoms with Crippen LogP contribution in [0.2, 0.25) is 0 Å². The van der Waals surface area contributed by atoms with Crippen molar-refractivity contribution >= 4 is 0 Å². The molecule has 0 unspecified atom stereocenters. The third-order valence-corrected chi connectivity index (χ3v) is 0. The van der Waals surface area contributed by atoms with E-state index in [4.69, 9.17) is 15.3 Å². The van der Waals surface area contributed by atoms with E-state index < -0.39 is 0 Å². The van der Waals surface area contributed by atoms with Crippen LogP contribution in [-0.2, 0) is 21.1 Å². The van der Waals surface area contributed by atoms with Gasteiger partial charge in [0.05, 0.1) is 0 Å². The van der Waals surface area contributed by atoms with E-state index in [0.29, 0.717) is 0 Å². The van der Waals surface area contributed by atoms with E-state index in [1.54, 1.807) is 20.8 Å². The van der Waals surface area contributed by atoms with Gasteiger partial charge >= 0.3 is 0 Å². The average molecular weight is 428 g/mol. The zero-order valence-electron chi connectivity index (χ0n) is 8.01. The molecule has 0 fully saturated rings. The summed E-state index contributed by atoms with van der Waals surface area (Å²) in [6, 6.07) is 0. The largest absolute Gasteiger partial charge is 1.00 e. The predicted octanol–water partition coefficient (Wildman–Crippen LogP) is -8.99. The number of aliphatic hydroxyl groups is 3. The van der Waals surface area contributed by atoms with Crippen LogP contribution < -0.4 is 37.2 Å². The SMILES string of the molecule is CCO.CCO.CCO.[Cl-].[Cl-].[Cl-].[W]. The number of hydrogen-bond donors (Lipinski definition) is 3. The van der Waals surface area contributed by atoms with Gasteiger partial charge in [0.25, 0.3) is 0 Å². The van der Waals surface area contributed by atoms with Crippen molar-refractivity contribution in [2.45, 2.75) is 20.8 Å². The van der Waals surface area contributed by atoms with Gasteiger partial charge in [0.2, 0.25) is 0 Å². The maximum Gasteiger partial charge on any atom is 0.0402 e. The molecule has 0 rings (SSSR count). The van der Waals surface area contributed by atoms with Gasteiger partial charge < -0.3 is 52.5 Å². The number of hydrogen-bond acceptors (Lipinski definition) is 3. The number of halogens is 3. The fourth-order valence-electron chi connectivity index (χ4n) is 0. The van der Waals surface area contributed by atoms with Gasteiger partial charge in [-0.3, -0.25) is 0 Å². The summed E-state index contributed by atoms with van der Waals surface area (Å²) in [5, 5.41) is 22.7.